The molecule has 0 saturated heterocycles. The average Bonchev–Trinajstić information content (AvgIpc) is 2.66. The molecule has 0 bridgehead atoms. The molecular formula is C20H23ClN4O4. The average molecular weight is 419 g/mol. The number of carbonyl (C=O) groups is 2. The van der Waals surface area contributed by atoms with Crippen LogP contribution in [-0.2, 0) is 9.59 Å². The number of pyridine rings is 1. The number of ether oxygens (including phenoxy) is 2. The summed E-state index contributed by atoms with van der Waals surface area (Å²) in [5.74, 6) is 0.427. The number of hydrogen-bond donors (Lipinski definition) is 2. The first-order valence-corrected chi connectivity index (χ1v) is 9.47. The zero-order valence-electron chi connectivity index (χ0n) is 16.7. The highest BCUT2D eigenvalue weighted by molar-refractivity contribution is 6.31. The van der Waals surface area contributed by atoms with E-state index in [1.807, 2.05) is 20.8 Å². The first-order valence-electron chi connectivity index (χ1n) is 9.09. The van der Waals surface area contributed by atoms with E-state index in [2.05, 4.69) is 10.3 Å². The second kappa shape index (κ2) is 8.16. The Bertz CT molecular complexity index is 964. The third kappa shape index (κ3) is 4.22. The monoisotopic (exact) mass is 418 g/mol. The third-order valence-electron chi connectivity index (χ3n) is 4.54. The molecule has 154 valence electrons. The summed E-state index contributed by atoms with van der Waals surface area (Å²) >= 11 is 6.11. The molecule has 2 heterocycles. The highest BCUT2D eigenvalue weighted by Gasteiger charge is 2.38. The zero-order chi connectivity index (χ0) is 21.3. The van der Waals surface area contributed by atoms with Crippen molar-refractivity contribution in [2.45, 2.75) is 26.9 Å². The number of rotatable bonds is 5. The zero-order valence-corrected chi connectivity index (χ0v) is 17.4. The lowest BCUT2D eigenvalue weighted by Gasteiger charge is -2.34. The van der Waals surface area contributed by atoms with E-state index in [9.17, 15) is 9.59 Å². The van der Waals surface area contributed by atoms with E-state index >= 15 is 0 Å². The van der Waals surface area contributed by atoms with Crippen molar-refractivity contribution in [3.8, 4) is 11.5 Å². The Kier molecular flexibility index (Phi) is 5.83. The van der Waals surface area contributed by atoms with Crippen molar-refractivity contribution in [3.63, 3.8) is 0 Å². The lowest BCUT2D eigenvalue weighted by Crippen LogP contribution is -2.51. The molecule has 29 heavy (non-hydrogen) atoms. The Hall–Kier alpha value is -3.00. The summed E-state index contributed by atoms with van der Waals surface area (Å²) in [6.07, 6.45) is -0.715. The number of nitrogens with one attached hydrogen (secondary N) is 1. The maximum absolute atomic E-state index is 12.9. The highest BCUT2D eigenvalue weighted by atomic mass is 35.5. The van der Waals surface area contributed by atoms with Crippen LogP contribution >= 0.6 is 11.6 Å². The fourth-order valence-electron chi connectivity index (χ4n) is 3.02. The van der Waals surface area contributed by atoms with Crippen LogP contribution < -0.4 is 25.4 Å². The van der Waals surface area contributed by atoms with E-state index in [0.717, 1.165) is 5.56 Å². The molecule has 1 aliphatic rings. The number of anilines is 3. The van der Waals surface area contributed by atoms with E-state index in [-0.39, 0.29) is 30.0 Å². The maximum atomic E-state index is 12.9. The standard InChI is InChI=1S/C20H23ClN4O4/c1-10(2)18-20(27)25(19-14(29-18)5-6-16(22)24-19)9-17(26)23-13-7-11(3)12(21)8-15(13)28-4/h5-8,10,18H,9H2,1-4H3,(H2,22,24)(H,23,26). The van der Waals surface area contributed by atoms with Crippen molar-refractivity contribution < 1.29 is 19.1 Å². The van der Waals surface area contributed by atoms with Crippen LogP contribution in [-0.4, -0.2) is 36.6 Å². The topological polar surface area (TPSA) is 107 Å². The number of aromatic nitrogens is 1. The van der Waals surface area contributed by atoms with Gasteiger partial charge in [0, 0.05) is 11.1 Å². The molecule has 9 heteroatoms. The quantitative estimate of drug-likeness (QED) is 0.772. The van der Waals surface area contributed by atoms with E-state index in [1.165, 1.54) is 12.0 Å². The van der Waals surface area contributed by atoms with Gasteiger partial charge < -0.3 is 20.5 Å². The molecule has 0 radical (unpaired) electrons. The molecule has 3 N–H and O–H groups in total. The number of amides is 2. The number of carbonyl (C=O) groups excluding carboxylic acids is 2. The summed E-state index contributed by atoms with van der Waals surface area (Å²) in [6.45, 7) is 5.31. The molecule has 2 amide bonds. The van der Waals surface area contributed by atoms with E-state index in [1.54, 1.807) is 24.3 Å². The van der Waals surface area contributed by atoms with Crippen LogP contribution in [0.1, 0.15) is 19.4 Å². The van der Waals surface area contributed by atoms with Gasteiger partial charge in [0.15, 0.2) is 17.7 Å². The summed E-state index contributed by atoms with van der Waals surface area (Å²) in [6, 6.07) is 6.57. The molecule has 0 saturated carbocycles. The number of nitrogens with zero attached hydrogens (tertiary/aromatic N) is 2. The van der Waals surface area contributed by atoms with Crippen molar-refractivity contribution in [2.24, 2.45) is 5.92 Å². The highest BCUT2D eigenvalue weighted by Crippen LogP contribution is 2.35. The molecular weight excluding hydrogens is 396 g/mol. The van der Waals surface area contributed by atoms with Crippen LogP contribution in [0.4, 0.5) is 17.3 Å². The summed E-state index contributed by atoms with van der Waals surface area (Å²) < 4.78 is 11.1. The van der Waals surface area contributed by atoms with Gasteiger partial charge in [0.2, 0.25) is 5.91 Å². The van der Waals surface area contributed by atoms with E-state index in [4.69, 9.17) is 26.8 Å². The Labute approximate surface area is 173 Å². The van der Waals surface area contributed by atoms with Gasteiger partial charge in [-0.25, -0.2) is 4.98 Å². The predicted octanol–water partition coefficient (Wildman–Crippen LogP) is 3.02. The van der Waals surface area contributed by atoms with Gasteiger partial charge in [-0.1, -0.05) is 25.4 Å². The van der Waals surface area contributed by atoms with Gasteiger partial charge in [-0.15, -0.1) is 0 Å². The fraction of sp³-hybridized carbons (Fsp3) is 0.350. The van der Waals surface area contributed by atoms with Gasteiger partial charge in [0.25, 0.3) is 5.91 Å². The van der Waals surface area contributed by atoms with Crippen LogP contribution in [0, 0.1) is 12.8 Å². The van der Waals surface area contributed by atoms with Crippen molar-refractivity contribution in [1.29, 1.82) is 0 Å². The number of hydrogen-bond acceptors (Lipinski definition) is 6. The fourth-order valence-corrected chi connectivity index (χ4v) is 3.17. The summed E-state index contributed by atoms with van der Waals surface area (Å²) in [5, 5.41) is 3.30. The second-order valence-electron chi connectivity index (χ2n) is 7.11. The van der Waals surface area contributed by atoms with Crippen LogP contribution in [0.15, 0.2) is 24.3 Å². The first kappa shape index (κ1) is 20.7. The molecule has 3 rings (SSSR count). The normalized spacial score (nSPS) is 15.7. The summed E-state index contributed by atoms with van der Waals surface area (Å²) in [4.78, 5) is 31.2. The molecule has 0 fully saturated rings. The van der Waals surface area contributed by atoms with Crippen molar-refractivity contribution in [1.82, 2.24) is 4.98 Å². The molecule has 1 aliphatic heterocycles. The number of methoxy groups -OCH3 is 1. The van der Waals surface area contributed by atoms with Crippen LogP contribution in [0.25, 0.3) is 0 Å². The Balaban J connectivity index is 1.88. The molecule has 1 aromatic carbocycles. The third-order valence-corrected chi connectivity index (χ3v) is 4.95. The van der Waals surface area contributed by atoms with Gasteiger partial charge >= 0.3 is 0 Å². The maximum Gasteiger partial charge on any atom is 0.270 e. The Morgan fingerprint density at radius 3 is 2.79 bits per heavy atom. The SMILES string of the molecule is COc1cc(Cl)c(C)cc1NC(=O)CN1C(=O)C(C(C)C)Oc2ccc(N)nc21. The van der Waals surface area contributed by atoms with Gasteiger partial charge in [-0.05, 0) is 36.6 Å². The van der Waals surface area contributed by atoms with E-state index < -0.39 is 12.0 Å². The smallest absolute Gasteiger partial charge is 0.270 e. The lowest BCUT2D eigenvalue weighted by atomic mass is 10.0. The second-order valence-corrected chi connectivity index (χ2v) is 7.52. The Morgan fingerprint density at radius 2 is 2.14 bits per heavy atom. The minimum atomic E-state index is -0.715. The number of nitrogen functional groups attached to an aromatic ring is 1. The number of aryl methyl sites for hydroxylation is 1. The summed E-state index contributed by atoms with van der Waals surface area (Å²) in [5.41, 5.74) is 7.01. The molecule has 8 nitrogen and oxygen atoms in total. The van der Waals surface area contributed by atoms with Crippen molar-refractivity contribution >= 4 is 40.7 Å². The molecule has 1 atom stereocenters. The predicted molar refractivity (Wildman–Crippen MR) is 112 cm³/mol. The summed E-state index contributed by atoms with van der Waals surface area (Å²) in [7, 11) is 1.48. The molecule has 0 aliphatic carbocycles. The van der Waals surface area contributed by atoms with Gasteiger partial charge in [-0.2, -0.15) is 0 Å². The largest absolute Gasteiger partial charge is 0.495 e. The minimum absolute atomic E-state index is 0.0854. The van der Waals surface area contributed by atoms with Gasteiger partial charge in [0.05, 0.1) is 12.8 Å². The van der Waals surface area contributed by atoms with Gasteiger partial charge in [-0.3, -0.25) is 14.5 Å². The van der Waals surface area contributed by atoms with E-state index in [0.29, 0.717) is 22.2 Å². The number of fused-ring (bicyclic) bond motifs is 1. The first-order chi connectivity index (χ1) is 13.7. The Morgan fingerprint density at radius 1 is 1.41 bits per heavy atom. The van der Waals surface area contributed by atoms with Crippen LogP contribution in [0.2, 0.25) is 5.02 Å². The number of benzene rings is 1. The molecule has 2 aromatic rings. The van der Waals surface area contributed by atoms with Crippen molar-refractivity contribution in [3.05, 3.63) is 34.9 Å². The number of halogens is 1. The number of nitrogens with two attached hydrogens (primary N) is 1. The van der Waals surface area contributed by atoms with Crippen LogP contribution in [0.3, 0.4) is 0 Å². The minimum Gasteiger partial charge on any atom is -0.495 e. The molecule has 1 aromatic heterocycles. The van der Waals surface area contributed by atoms with Crippen LogP contribution in [0.5, 0.6) is 11.5 Å². The molecule has 1 unspecified atom stereocenters. The van der Waals surface area contributed by atoms with Gasteiger partial charge in [0.1, 0.15) is 18.1 Å². The molecule has 0 spiro atoms. The van der Waals surface area contributed by atoms with Crippen molar-refractivity contribution in [2.75, 3.05) is 29.6 Å². The lowest BCUT2D eigenvalue weighted by molar-refractivity contribution is -0.129.